The van der Waals surface area contributed by atoms with Gasteiger partial charge in [-0.2, -0.15) is 0 Å². The largest absolute Gasteiger partial charge is 0.465 e. The van der Waals surface area contributed by atoms with E-state index in [1.165, 1.54) is 18.2 Å². The van der Waals surface area contributed by atoms with Gasteiger partial charge in [0.1, 0.15) is 11.3 Å². The first-order chi connectivity index (χ1) is 13.5. The maximum Gasteiger partial charge on any atom is 0.343 e. The number of hydrogen-bond donors (Lipinski definition) is 0. The normalized spacial score (nSPS) is 10.6. The van der Waals surface area contributed by atoms with Crippen molar-refractivity contribution in [3.63, 3.8) is 0 Å². The lowest BCUT2D eigenvalue weighted by molar-refractivity contribution is 0.0597. The number of pyridine rings is 1. The summed E-state index contributed by atoms with van der Waals surface area (Å²) in [5.41, 5.74) is 5.61. The molecule has 1 aromatic heterocycles. The molecule has 4 nitrogen and oxygen atoms in total. The molecule has 0 amide bonds. The van der Waals surface area contributed by atoms with Gasteiger partial charge in [-0.15, -0.1) is 0 Å². The molecule has 1 heterocycles. The molecule has 0 aliphatic heterocycles. The minimum atomic E-state index is -0.459. The van der Waals surface area contributed by atoms with Crippen molar-refractivity contribution >= 4 is 5.97 Å². The highest BCUT2D eigenvalue weighted by Gasteiger charge is 2.18. The minimum Gasteiger partial charge on any atom is -0.465 e. The molecule has 0 aliphatic carbocycles. The maximum absolute atomic E-state index is 12.2. The zero-order chi connectivity index (χ0) is 20.1. The number of methoxy groups -OCH3 is 1. The van der Waals surface area contributed by atoms with E-state index in [1.54, 1.807) is 6.07 Å². The highest BCUT2D eigenvalue weighted by Crippen LogP contribution is 2.31. The van der Waals surface area contributed by atoms with Crippen LogP contribution in [-0.4, -0.2) is 18.1 Å². The van der Waals surface area contributed by atoms with Crippen LogP contribution in [0.5, 0.6) is 11.6 Å². The predicted octanol–water partition coefficient (Wildman–Crippen LogP) is 5.37. The lowest BCUT2D eigenvalue weighted by Crippen LogP contribution is -2.08. The zero-order valence-electron chi connectivity index (χ0n) is 16.8. The monoisotopic (exact) mass is 375 g/mol. The molecule has 28 heavy (non-hydrogen) atoms. The van der Waals surface area contributed by atoms with Crippen molar-refractivity contribution in [1.82, 2.24) is 4.98 Å². The van der Waals surface area contributed by atoms with Crippen molar-refractivity contribution in [2.75, 3.05) is 7.11 Å². The highest BCUT2D eigenvalue weighted by atomic mass is 16.5. The summed E-state index contributed by atoms with van der Waals surface area (Å²) < 4.78 is 11.0. The first-order valence-corrected chi connectivity index (χ1v) is 9.36. The van der Waals surface area contributed by atoms with Gasteiger partial charge in [-0.05, 0) is 62.4 Å². The van der Waals surface area contributed by atoms with Crippen LogP contribution in [0.15, 0.2) is 54.6 Å². The fraction of sp³-hybridized carbons (Fsp3) is 0.250. The molecular formula is C24H25NO3. The predicted molar refractivity (Wildman–Crippen MR) is 110 cm³/mol. The van der Waals surface area contributed by atoms with E-state index in [0.717, 1.165) is 35.4 Å². The van der Waals surface area contributed by atoms with E-state index in [9.17, 15) is 4.79 Å². The van der Waals surface area contributed by atoms with E-state index in [1.807, 2.05) is 45.0 Å². The third-order valence-electron chi connectivity index (χ3n) is 4.64. The van der Waals surface area contributed by atoms with Crippen LogP contribution in [0, 0.1) is 20.8 Å². The molecule has 3 rings (SSSR count). The zero-order valence-corrected chi connectivity index (χ0v) is 16.8. The van der Waals surface area contributed by atoms with Crippen molar-refractivity contribution in [2.24, 2.45) is 0 Å². The van der Waals surface area contributed by atoms with Crippen LogP contribution in [0.3, 0.4) is 0 Å². The molecular weight excluding hydrogens is 350 g/mol. The Morgan fingerprint density at radius 3 is 2.25 bits per heavy atom. The van der Waals surface area contributed by atoms with Gasteiger partial charge in [-0.25, -0.2) is 9.78 Å². The first-order valence-electron chi connectivity index (χ1n) is 9.36. The molecule has 0 N–H and O–H groups in total. The summed E-state index contributed by atoms with van der Waals surface area (Å²) in [6.45, 7) is 6.03. The second-order valence-corrected chi connectivity index (χ2v) is 6.96. The molecule has 0 fully saturated rings. The SMILES string of the molecule is COC(=O)c1ccc(CCc2ccccc2)nc1Oc1c(C)cc(C)cc1C. The van der Waals surface area contributed by atoms with Gasteiger partial charge in [0.05, 0.1) is 7.11 Å². The van der Waals surface area contributed by atoms with Gasteiger partial charge >= 0.3 is 5.97 Å². The molecule has 0 aliphatic rings. The first kappa shape index (κ1) is 19.6. The van der Waals surface area contributed by atoms with E-state index in [-0.39, 0.29) is 5.88 Å². The number of aryl methyl sites for hydroxylation is 5. The number of ether oxygens (including phenoxy) is 2. The van der Waals surface area contributed by atoms with Crippen molar-refractivity contribution in [3.05, 3.63) is 88.1 Å². The summed E-state index contributed by atoms with van der Waals surface area (Å²) in [5.74, 6) is 0.551. The molecule has 2 aromatic carbocycles. The Morgan fingerprint density at radius 2 is 1.61 bits per heavy atom. The number of nitrogens with zero attached hydrogens (tertiary/aromatic N) is 1. The molecule has 4 heteroatoms. The summed E-state index contributed by atoms with van der Waals surface area (Å²) in [5, 5.41) is 0. The van der Waals surface area contributed by atoms with Gasteiger partial charge in [0.15, 0.2) is 0 Å². The molecule has 144 valence electrons. The Morgan fingerprint density at radius 1 is 0.929 bits per heavy atom. The Balaban J connectivity index is 1.91. The minimum absolute atomic E-state index is 0.285. The summed E-state index contributed by atoms with van der Waals surface area (Å²) in [7, 11) is 1.36. The van der Waals surface area contributed by atoms with Crippen LogP contribution in [0.2, 0.25) is 0 Å². The van der Waals surface area contributed by atoms with E-state index >= 15 is 0 Å². The van der Waals surface area contributed by atoms with Crippen molar-refractivity contribution in [2.45, 2.75) is 33.6 Å². The standard InChI is InChI=1S/C24H25NO3/c1-16-14-17(2)22(18(3)15-16)28-23-21(24(26)27-4)13-12-20(25-23)11-10-19-8-6-5-7-9-19/h5-9,12-15H,10-11H2,1-4H3. The quantitative estimate of drug-likeness (QED) is 0.543. The second kappa shape index (κ2) is 8.70. The lowest BCUT2D eigenvalue weighted by Gasteiger charge is -2.15. The van der Waals surface area contributed by atoms with Gasteiger partial charge in [0, 0.05) is 5.69 Å². The van der Waals surface area contributed by atoms with Gasteiger partial charge < -0.3 is 9.47 Å². The summed E-state index contributed by atoms with van der Waals surface area (Å²) in [6, 6.07) is 18.0. The van der Waals surface area contributed by atoms with Gasteiger partial charge in [0.2, 0.25) is 5.88 Å². The number of benzene rings is 2. The lowest BCUT2D eigenvalue weighted by atomic mass is 10.1. The Bertz CT molecular complexity index is 957. The van der Waals surface area contributed by atoms with E-state index in [0.29, 0.717) is 5.56 Å². The van der Waals surface area contributed by atoms with Gasteiger partial charge in [-0.3, -0.25) is 0 Å². The number of hydrogen-bond acceptors (Lipinski definition) is 4. The van der Waals surface area contributed by atoms with E-state index < -0.39 is 5.97 Å². The number of carbonyl (C=O) groups excluding carboxylic acids is 1. The molecule has 0 unspecified atom stereocenters. The number of esters is 1. The van der Waals surface area contributed by atoms with Crippen molar-refractivity contribution < 1.29 is 14.3 Å². The molecule has 0 saturated carbocycles. The summed E-state index contributed by atoms with van der Waals surface area (Å²) in [6.07, 6.45) is 1.63. The number of rotatable bonds is 6. The molecule has 3 aromatic rings. The van der Waals surface area contributed by atoms with E-state index in [4.69, 9.17) is 9.47 Å². The Kier molecular flexibility index (Phi) is 6.09. The summed E-state index contributed by atoms with van der Waals surface area (Å²) in [4.78, 5) is 16.8. The number of carbonyl (C=O) groups is 1. The maximum atomic E-state index is 12.2. The topological polar surface area (TPSA) is 48.4 Å². The number of aromatic nitrogens is 1. The van der Waals surface area contributed by atoms with Crippen molar-refractivity contribution in [1.29, 1.82) is 0 Å². The van der Waals surface area contributed by atoms with Crippen LogP contribution in [0.4, 0.5) is 0 Å². The molecule has 0 atom stereocenters. The van der Waals surface area contributed by atoms with Crippen LogP contribution in [0.25, 0.3) is 0 Å². The van der Waals surface area contributed by atoms with Crippen LogP contribution >= 0.6 is 0 Å². The average molecular weight is 375 g/mol. The van der Waals surface area contributed by atoms with Crippen LogP contribution in [0.1, 0.15) is 38.3 Å². The van der Waals surface area contributed by atoms with Crippen LogP contribution in [-0.2, 0) is 17.6 Å². The molecule has 0 saturated heterocycles. The fourth-order valence-corrected chi connectivity index (χ4v) is 3.30. The van der Waals surface area contributed by atoms with Gasteiger partial charge in [0.25, 0.3) is 0 Å². The smallest absolute Gasteiger partial charge is 0.343 e. The molecule has 0 spiro atoms. The van der Waals surface area contributed by atoms with Gasteiger partial charge in [-0.1, -0.05) is 48.0 Å². The third kappa shape index (κ3) is 4.58. The third-order valence-corrected chi connectivity index (χ3v) is 4.64. The van der Waals surface area contributed by atoms with Crippen molar-refractivity contribution in [3.8, 4) is 11.6 Å². The molecule has 0 radical (unpaired) electrons. The molecule has 0 bridgehead atoms. The highest BCUT2D eigenvalue weighted by molar-refractivity contribution is 5.91. The summed E-state index contributed by atoms with van der Waals surface area (Å²) >= 11 is 0. The fourth-order valence-electron chi connectivity index (χ4n) is 3.30. The Labute approximate surface area is 166 Å². The average Bonchev–Trinajstić information content (AvgIpc) is 2.69. The second-order valence-electron chi connectivity index (χ2n) is 6.96. The van der Waals surface area contributed by atoms with Crippen LogP contribution < -0.4 is 4.74 Å². The Hall–Kier alpha value is -3.14. The van der Waals surface area contributed by atoms with E-state index in [2.05, 4.69) is 29.2 Å².